The maximum Gasteiger partial charge on any atom is 0.335 e. The fourth-order valence-electron chi connectivity index (χ4n) is 2.13. The Morgan fingerprint density at radius 2 is 1.91 bits per heavy atom. The molecule has 1 heterocycles. The van der Waals surface area contributed by atoms with Crippen molar-refractivity contribution in [3.63, 3.8) is 0 Å². The van der Waals surface area contributed by atoms with E-state index in [2.05, 4.69) is 14.7 Å². The van der Waals surface area contributed by atoms with E-state index in [0.29, 0.717) is 0 Å². The van der Waals surface area contributed by atoms with E-state index in [0.717, 1.165) is 16.6 Å². The van der Waals surface area contributed by atoms with Crippen LogP contribution in [-0.4, -0.2) is 29.5 Å². The van der Waals surface area contributed by atoms with Crippen molar-refractivity contribution in [1.29, 1.82) is 0 Å². The van der Waals surface area contributed by atoms with Crippen LogP contribution in [0.15, 0.2) is 53.7 Å². The van der Waals surface area contributed by atoms with Crippen molar-refractivity contribution in [2.75, 3.05) is 0 Å². The van der Waals surface area contributed by atoms with Crippen LogP contribution in [0.5, 0.6) is 0 Å². The lowest BCUT2D eigenvalue weighted by atomic mass is 10.2. The summed E-state index contributed by atoms with van der Waals surface area (Å²) in [6.07, 6.45) is 1.57. The lowest BCUT2D eigenvalue weighted by molar-refractivity contribution is 0.0696. The quantitative estimate of drug-likeness (QED) is 0.659. The third kappa shape index (κ3) is 3.22. The third-order valence-electron chi connectivity index (χ3n) is 3.36. The van der Waals surface area contributed by atoms with Gasteiger partial charge in [0.15, 0.2) is 0 Å². The molecule has 0 atom stereocenters. The third-order valence-corrected chi connectivity index (χ3v) is 4.78. The van der Waals surface area contributed by atoms with Gasteiger partial charge in [0.2, 0.25) is 10.0 Å². The van der Waals surface area contributed by atoms with Crippen LogP contribution < -0.4 is 4.72 Å². The Kier molecular flexibility index (Phi) is 3.85. The van der Waals surface area contributed by atoms with Gasteiger partial charge in [-0.1, -0.05) is 6.07 Å². The number of carbonyl (C=O) groups is 1. The predicted octanol–water partition coefficient (Wildman–Crippen LogP) is 1.74. The molecule has 3 N–H and O–H groups in total. The monoisotopic (exact) mass is 331 g/mol. The molecule has 3 aromatic rings. The summed E-state index contributed by atoms with van der Waals surface area (Å²) in [4.78, 5) is 17.9. The smallest absolute Gasteiger partial charge is 0.335 e. The van der Waals surface area contributed by atoms with Crippen molar-refractivity contribution in [3.8, 4) is 0 Å². The molecule has 3 rings (SSSR count). The molecule has 0 aliphatic rings. The van der Waals surface area contributed by atoms with Gasteiger partial charge in [-0.2, -0.15) is 0 Å². The van der Waals surface area contributed by atoms with Gasteiger partial charge in [0.1, 0.15) is 0 Å². The fraction of sp³-hybridized carbons (Fsp3) is 0.0667. The first-order valence-corrected chi connectivity index (χ1v) is 8.19. The van der Waals surface area contributed by atoms with Crippen LogP contribution in [0.1, 0.15) is 15.9 Å². The number of H-pyrrole nitrogens is 1. The Hall–Kier alpha value is -2.71. The summed E-state index contributed by atoms with van der Waals surface area (Å²) in [7, 11) is -3.71. The van der Waals surface area contributed by atoms with Gasteiger partial charge in [0.25, 0.3) is 0 Å². The van der Waals surface area contributed by atoms with Crippen LogP contribution in [-0.2, 0) is 16.6 Å². The molecule has 118 valence electrons. The van der Waals surface area contributed by atoms with Gasteiger partial charge in [-0.05, 0) is 42.0 Å². The number of hydrogen-bond donors (Lipinski definition) is 3. The van der Waals surface area contributed by atoms with E-state index >= 15 is 0 Å². The lowest BCUT2D eigenvalue weighted by Gasteiger charge is -2.07. The number of aromatic amines is 1. The van der Waals surface area contributed by atoms with Gasteiger partial charge >= 0.3 is 5.97 Å². The number of rotatable bonds is 5. The van der Waals surface area contributed by atoms with Gasteiger partial charge in [-0.15, -0.1) is 0 Å². The minimum absolute atomic E-state index is 0.0186. The van der Waals surface area contributed by atoms with Crippen molar-refractivity contribution in [2.45, 2.75) is 11.4 Å². The first-order chi connectivity index (χ1) is 11.0. The number of nitrogens with zero attached hydrogens (tertiary/aromatic N) is 1. The average Bonchev–Trinajstić information content (AvgIpc) is 3.01. The molecule has 0 spiro atoms. The van der Waals surface area contributed by atoms with Gasteiger partial charge in [0, 0.05) is 6.54 Å². The number of imidazole rings is 1. The second-order valence-electron chi connectivity index (χ2n) is 4.91. The highest BCUT2D eigenvalue weighted by Gasteiger charge is 2.14. The van der Waals surface area contributed by atoms with Gasteiger partial charge in [-0.25, -0.2) is 22.9 Å². The second kappa shape index (κ2) is 5.82. The number of fused-ring (bicyclic) bond motifs is 1. The maximum atomic E-state index is 12.2. The molecule has 1 aromatic heterocycles. The van der Waals surface area contributed by atoms with Gasteiger partial charge in [0.05, 0.1) is 27.8 Å². The van der Waals surface area contributed by atoms with Gasteiger partial charge in [-0.3, -0.25) is 0 Å². The SMILES string of the molecule is O=C(O)c1ccc(S(=O)(=O)NCc2ccc3nc[nH]c3c2)cc1. The summed E-state index contributed by atoms with van der Waals surface area (Å²) in [5, 5.41) is 8.83. The number of aromatic carboxylic acids is 1. The zero-order valence-corrected chi connectivity index (χ0v) is 12.7. The van der Waals surface area contributed by atoms with Crippen LogP contribution in [0.3, 0.4) is 0 Å². The van der Waals surface area contributed by atoms with Crippen molar-refractivity contribution < 1.29 is 18.3 Å². The summed E-state index contributed by atoms with van der Waals surface area (Å²) in [6, 6.07) is 10.5. The number of nitrogens with one attached hydrogen (secondary N) is 2. The minimum Gasteiger partial charge on any atom is -0.478 e. The molecule has 23 heavy (non-hydrogen) atoms. The Morgan fingerprint density at radius 3 is 2.61 bits per heavy atom. The van der Waals surface area contributed by atoms with Gasteiger partial charge < -0.3 is 10.1 Å². The molecular weight excluding hydrogens is 318 g/mol. The van der Waals surface area contributed by atoms with E-state index in [1.165, 1.54) is 24.3 Å². The molecule has 0 bridgehead atoms. The second-order valence-corrected chi connectivity index (χ2v) is 6.68. The van der Waals surface area contributed by atoms with Crippen LogP contribution in [0.25, 0.3) is 11.0 Å². The summed E-state index contributed by atoms with van der Waals surface area (Å²) < 4.78 is 26.9. The highest BCUT2D eigenvalue weighted by atomic mass is 32.2. The van der Waals surface area contributed by atoms with E-state index in [1.54, 1.807) is 18.5 Å². The van der Waals surface area contributed by atoms with Crippen molar-refractivity contribution in [2.24, 2.45) is 0 Å². The van der Waals surface area contributed by atoms with E-state index in [-0.39, 0.29) is 17.0 Å². The molecule has 0 fully saturated rings. The number of sulfonamides is 1. The molecule has 2 aromatic carbocycles. The molecule has 0 aliphatic heterocycles. The Labute approximate surface area is 132 Å². The molecule has 0 aliphatic carbocycles. The number of carboxylic acids is 1. The zero-order valence-electron chi connectivity index (χ0n) is 11.9. The maximum absolute atomic E-state index is 12.2. The largest absolute Gasteiger partial charge is 0.478 e. The normalized spacial score (nSPS) is 11.7. The van der Waals surface area contributed by atoms with E-state index < -0.39 is 16.0 Å². The summed E-state index contributed by atoms with van der Waals surface area (Å²) in [5.74, 6) is -1.10. The van der Waals surface area contributed by atoms with Crippen molar-refractivity contribution in [3.05, 3.63) is 59.9 Å². The molecule has 0 saturated heterocycles. The van der Waals surface area contributed by atoms with Crippen molar-refractivity contribution in [1.82, 2.24) is 14.7 Å². The Morgan fingerprint density at radius 1 is 1.17 bits per heavy atom. The summed E-state index contributed by atoms with van der Waals surface area (Å²) in [6.45, 7) is 0.123. The van der Waals surface area contributed by atoms with Crippen molar-refractivity contribution >= 4 is 27.0 Å². The highest BCUT2D eigenvalue weighted by molar-refractivity contribution is 7.89. The number of aromatic nitrogens is 2. The van der Waals surface area contributed by atoms with Crippen LogP contribution >= 0.6 is 0 Å². The lowest BCUT2D eigenvalue weighted by Crippen LogP contribution is -2.23. The van der Waals surface area contributed by atoms with E-state index in [4.69, 9.17) is 5.11 Å². The van der Waals surface area contributed by atoms with Crippen LogP contribution in [0, 0.1) is 0 Å². The molecule has 8 heteroatoms. The summed E-state index contributed by atoms with van der Waals surface area (Å²) >= 11 is 0. The molecular formula is C15H13N3O4S. The molecule has 0 saturated carbocycles. The average molecular weight is 331 g/mol. The Balaban J connectivity index is 1.76. The predicted molar refractivity (Wildman–Crippen MR) is 83.5 cm³/mol. The van der Waals surface area contributed by atoms with Crippen LogP contribution in [0.4, 0.5) is 0 Å². The van der Waals surface area contributed by atoms with E-state index in [9.17, 15) is 13.2 Å². The molecule has 0 amide bonds. The number of hydrogen-bond acceptors (Lipinski definition) is 4. The minimum atomic E-state index is -3.71. The number of benzene rings is 2. The fourth-order valence-corrected chi connectivity index (χ4v) is 3.15. The first kappa shape index (κ1) is 15.2. The molecule has 0 unspecified atom stereocenters. The molecule has 0 radical (unpaired) electrons. The standard InChI is InChI=1S/C15H13N3O4S/c19-15(20)11-2-4-12(5-3-11)23(21,22)18-8-10-1-6-13-14(7-10)17-9-16-13/h1-7,9,18H,8H2,(H,16,17)(H,19,20). The molecule has 7 nitrogen and oxygen atoms in total. The zero-order chi connectivity index (χ0) is 16.4. The Bertz CT molecular complexity index is 962. The number of carboxylic acid groups (broad SMARTS) is 1. The first-order valence-electron chi connectivity index (χ1n) is 6.71. The van der Waals surface area contributed by atoms with Crippen LogP contribution in [0.2, 0.25) is 0 Å². The summed E-state index contributed by atoms with van der Waals surface area (Å²) in [5.41, 5.74) is 2.45. The highest BCUT2D eigenvalue weighted by Crippen LogP contribution is 2.14. The van der Waals surface area contributed by atoms with E-state index in [1.807, 2.05) is 6.07 Å². The topological polar surface area (TPSA) is 112 Å².